The summed E-state index contributed by atoms with van der Waals surface area (Å²) in [5.41, 5.74) is 1.35. The molecule has 0 aliphatic rings. The van der Waals surface area contributed by atoms with E-state index in [0.717, 1.165) is 19.4 Å². The molecule has 0 aliphatic heterocycles. The number of ether oxygens (including phenoxy) is 1. The molecule has 0 atom stereocenters. The Morgan fingerprint density at radius 3 is 2.62 bits per heavy atom. The minimum Gasteiger partial charge on any atom is -0.487 e. The van der Waals surface area contributed by atoms with Crippen LogP contribution in [0.3, 0.4) is 0 Å². The molecule has 0 fully saturated rings. The van der Waals surface area contributed by atoms with Crippen LogP contribution in [-0.2, 0) is 11.2 Å². The second-order valence-corrected chi connectivity index (χ2v) is 3.50. The maximum atomic E-state index is 5.20. The molecule has 1 aromatic carbocycles. The van der Waals surface area contributed by atoms with Crippen molar-refractivity contribution in [1.82, 2.24) is 0 Å². The highest BCUT2D eigenvalue weighted by molar-refractivity contribution is 7.80. The van der Waals surface area contributed by atoms with Gasteiger partial charge in [-0.2, -0.15) is 0 Å². The average molecular weight is 194 g/mol. The fourth-order valence-corrected chi connectivity index (χ4v) is 1.22. The van der Waals surface area contributed by atoms with Gasteiger partial charge in [-0.05, 0) is 30.6 Å². The minimum atomic E-state index is 0.632. The summed E-state index contributed by atoms with van der Waals surface area (Å²) in [7, 11) is 0. The molecule has 1 aromatic rings. The molecule has 0 amide bonds. The van der Waals surface area contributed by atoms with Gasteiger partial charge in [0.05, 0.1) is 6.61 Å². The van der Waals surface area contributed by atoms with Gasteiger partial charge in [0, 0.05) is 6.92 Å². The minimum absolute atomic E-state index is 0.632. The van der Waals surface area contributed by atoms with E-state index in [4.69, 9.17) is 17.0 Å². The predicted molar refractivity (Wildman–Crippen MR) is 59.0 cm³/mol. The molecule has 1 nitrogen and oxygen atoms in total. The fourth-order valence-electron chi connectivity index (χ4n) is 1.14. The Bertz CT molecular complexity index is 256. The lowest BCUT2D eigenvalue weighted by Crippen LogP contribution is -1.99. The molecule has 0 radical (unpaired) electrons. The first-order valence-electron chi connectivity index (χ1n) is 4.46. The topological polar surface area (TPSA) is 9.23 Å². The third-order valence-electron chi connectivity index (χ3n) is 1.76. The van der Waals surface area contributed by atoms with Crippen molar-refractivity contribution in [3.05, 3.63) is 35.9 Å². The molecule has 0 aliphatic carbocycles. The van der Waals surface area contributed by atoms with Crippen LogP contribution in [0.25, 0.3) is 0 Å². The molecule has 13 heavy (non-hydrogen) atoms. The van der Waals surface area contributed by atoms with Crippen molar-refractivity contribution in [2.24, 2.45) is 0 Å². The summed E-state index contributed by atoms with van der Waals surface area (Å²) in [6, 6.07) is 10.4. The normalized spacial score (nSPS) is 9.62. The number of hydrogen-bond acceptors (Lipinski definition) is 2. The summed E-state index contributed by atoms with van der Waals surface area (Å²) in [6.45, 7) is 2.53. The van der Waals surface area contributed by atoms with E-state index in [2.05, 4.69) is 24.3 Å². The zero-order chi connectivity index (χ0) is 9.52. The van der Waals surface area contributed by atoms with E-state index in [1.807, 2.05) is 6.07 Å². The maximum absolute atomic E-state index is 5.20. The Kier molecular flexibility index (Phi) is 4.47. The fraction of sp³-hybridized carbons (Fsp3) is 0.364. The molecular weight excluding hydrogens is 180 g/mol. The summed E-state index contributed by atoms with van der Waals surface area (Å²) in [4.78, 5) is 0. The van der Waals surface area contributed by atoms with E-state index in [9.17, 15) is 0 Å². The first-order chi connectivity index (χ1) is 6.29. The summed E-state index contributed by atoms with van der Waals surface area (Å²) in [5, 5.41) is 0.632. The first kappa shape index (κ1) is 10.2. The van der Waals surface area contributed by atoms with Gasteiger partial charge in [-0.3, -0.25) is 0 Å². The van der Waals surface area contributed by atoms with Crippen molar-refractivity contribution in [2.75, 3.05) is 6.61 Å². The van der Waals surface area contributed by atoms with Crippen LogP contribution in [0.4, 0.5) is 0 Å². The van der Waals surface area contributed by atoms with Gasteiger partial charge >= 0.3 is 0 Å². The quantitative estimate of drug-likeness (QED) is 0.538. The largest absolute Gasteiger partial charge is 0.487 e. The lowest BCUT2D eigenvalue weighted by atomic mass is 10.1. The number of rotatable bonds is 4. The van der Waals surface area contributed by atoms with Crippen molar-refractivity contribution in [2.45, 2.75) is 19.8 Å². The second-order valence-electron chi connectivity index (χ2n) is 2.93. The SMILES string of the molecule is CC(=S)OCCCc1ccccc1. The lowest BCUT2D eigenvalue weighted by molar-refractivity contribution is 0.304. The predicted octanol–water partition coefficient (Wildman–Crippen LogP) is 2.98. The third-order valence-corrected chi connectivity index (χ3v) is 1.88. The lowest BCUT2D eigenvalue weighted by Gasteiger charge is -2.03. The van der Waals surface area contributed by atoms with Gasteiger partial charge in [0.25, 0.3) is 0 Å². The molecular formula is C11H14OS. The average Bonchev–Trinajstić information content (AvgIpc) is 2.14. The van der Waals surface area contributed by atoms with E-state index in [0.29, 0.717) is 5.05 Å². The highest BCUT2D eigenvalue weighted by Gasteiger charge is 1.92. The molecule has 2 heteroatoms. The van der Waals surface area contributed by atoms with Crippen LogP contribution in [0.15, 0.2) is 30.3 Å². The van der Waals surface area contributed by atoms with Crippen LogP contribution in [0.5, 0.6) is 0 Å². The molecule has 0 unspecified atom stereocenters. The van der Waals surface area contributed by atoms with Crippen molar-refractivity contribution >= 4 is 17.3 Å². The Morgan fingerprint density at radius 1 is 1.31 bits per heavy atom. The summed E-state index contributed by atoms with van der Waals surface area (Å²) < 4.78 is 5.20. The van der Waals surface area contributed by atoms with Gasteiger partial charge < -0.3 is 4.74 Å². The van der Waals surface area contributed by atoms with E-state index in [-0.39, 0.29) is 0 Å². The van der Waals surface area contributed by atoms with Crippen LogP contribution in [0.1, 0.15) is 18.9 Å². The highest BCUT2D eigenvalue weighted by Crippen LogP contribution is 2.02. The van der Waals surface area contributed by atoms with Crippen LogP contribution < -0.4 is 0 Å². The number of aryl methyl sites for hydroxylation is 1. The van der Waals surface area contributed by atoms with E-state index >= 15 is 0 Å². The number of hydrogen-bond donors (Lipinski definition) is 0. The molecule has 70 valence electrons. The van der Waals surface area contributed by atoms with Crippen molar-refractivity contribution < 1.29 is 4.74 Å². The summed E-state index contributed by atoms with van der Waals surface area (Å²) in [5.74, 6) is 0. The van der Waals surface area contributed by atoms with E-state index in [1.54, 1.807) is 6.92 Å². The maximum Gasteiger partial charge on any atom is 0.156 e. The molecule has 0 saturated carbocycles. The van der Waals surface area contributed by atoms with E-state index in [1.165, 1.54) is 5.56 Å². The zero-order valence-corrected chi connectivity index (χ0v) is 8.64. The summed E-state index contributed by atoms with van der Waals surface area (Å²) >= 11 is 4.80. The van der Waals surface area contributed by atoms with E-state index < -0.39 is 0 Å². The van der Waals surface area contributed by atoms with Crippen LogP contribution >= 0.6 is 12.2 Å². The van der Waals surface area contributed by atoms with Crippen LogP contribution in [-0.4, -0.2) is 11.7 Å². The standard InChI is InChI=1S/C11H14OS/c1-10(13)12-9-5-8-11-6-3-2-4-7-11/h2-4,6-7H,5,8-9H2,1H3. The van der Waals surface area contributed by atoms with Gasteiger partial charge in [-0.15, -0.1) is 0 Å². The Hall–Kier alpha value is -0.890. The van der Waals surface area contributed by atoms with Gasteiger partial charge in [-0.25, -0.2) is 0 Å². The molecule has 0 bridgehead atoms. The molecule has 0 saturated heterocycles. The molecule has 0 heterocycles. The molecule has 0 aromatic heterocycles. The Morgan fingerprint density at radius 2 is 2.00 bits per heavy atom. The highest BCUT2D eigenvalue weighted by atomic mass is 32.1. The van der Waals surface area contributed by atoms with Crippen molar-refractivity contribution in [3.8, 4) is 0 Å². The van der Waals surface area contributed by atoms with Gasteiger partial charge in [-0.1, -0.05) is 30.3 Å². The van der Waals surface area contributed by atoms with Crippen molar-refractivity contribution in [1.29, 1.82) is 0 Å². The Labute approximate surface area is 84.7 Å². The van der Waals surface area contributed by atoms with Gasteiger partial charge in [0.15, 0.2) is 5.05 Å². The third kappa shape index (κ3) is 4.63. The smallest absolute Gasteiger partial charge is 0.156 e. The van der Waals surface area contributed by atoms with Gasteiger partial charge in [0.1, 0.15) is 0 Å². The molecule has 1 rings (SSSR count). The Balaban J connectivity index is 2.17. The second kappa shape index (κ2) is 5.70. The van der Waals surface area contributed by atoms with Crippen molar-refractivity contribution in [3.63, 3.8) is 0 Å². The van der Waals surface area contributed by atoms with Gasteiger partial charge in [0.2, 0.25) is 0 Å². The zero-order valence-electron chi connectivity index (χ0n) is 7.82. The summed E-state index contributed by atoms with van der Waals surface area (Å²) in [6.07, 6.45) is 2.08. The monoisotopic (exact) mass is 194 g/mol. The first-order valence-corrected chi connectivity index (χ1v) is 4.87. The molecule has 0 spiro atoms. The number of thiocarbonyl (C=S) groups is 1. The number of benzene rings is 1. The van der Waals surface area contributed by atoms with Crippen LogP contribution in [0, 0.1) is 0 Å². The van der Waals surface area contributed by atoms with Crippen LogP contribution in [0.2, 0.25) is 0 Å². The molecule has 0 N–H and O–H groups in total.